The Bertz CT molecular complexity index is 728. The van der Waals surface area contributed by atoms with E-state index in [0.29, 0.717) is 32.2 Å². The number of nitrogens with zero attached hydrogens (tertiary/aromatic N) is 1. The Kier molecular flexibility index (Phi) is 11.8. The average Bonchev–Trinajstić information content (AvgIpc) is 2.73. The zero-order chi connectivity index (χ0) is 24.3. The fourth-order valence-corrected chi connectivity index (χ4v) is 4.91. The number of halogens is 1. The zero-order valence-corrected chi connectivity index (χ0v) is 21.7. The Morgan fingerprint density at radius 3 is 2.64 bits per heavy atom. The highest BCUT2D eigenvalue weighted by Gasteiger charge is 2.36. The molecule has 1 aliphatic rings. The molecule has 1 aromatic rings. The van der Waals surface area contributed by atoms with Gasteiger partial charge in [-0.3, -0.25) is 0 Å². The van der Waals surface area contributed by atoms with Crippen molar-refractivity contribution in [3.05, 3.63) is 29.3 Å². The van der Waals surface area contributed by atoms with E-state index in [0.717, 1.165) is 51.1 Å². The van der Waals surface area contributed by atoms with Crippen LogP contribution in [0.1, 0.15) is 76.3 Å². The van der Waals surface area contributed by atoms with Crippen molar-refractivity contribution in [3.63, 3.8) is 0 Å². The molecule has 1 amide bonds. The number of amides is 1. The van der Waals surface area contributed by atoms with Crippen molar-refractivity contribution >= 4 is 23.4 Å². The lowest BCUT2D eigenvalue weighted by Gasteiger charge is -2.48. The molecule has 0 aromatic heterocycles. The molecule has 0 fully saturated rings. The highest BCUT2D eigenvalue weighted by molar-refractivity contribution is 6.17. The van der Waals surface area contributed by atoms with Crippen LogP contribution in [0.2, 0.25) is 0 Å². The molecule has 0 saturated heterocycles. The number of anilines is 1. The van der Waals surface area contributed by atoms with E-state index in [9.17, 15) is 4.79 Å². The molecule has 0 radical (unpaired) electrons. The van der Waals surface area contributed by atoms with Gasteiger partial charge in [-0.25, -0.2) is 4.79 Å². The van der Waals surface area contributed by atoms with Crippen molar-refractivity contribution in [2.75, 3.05) is 43.8 Å². The number of aryl methyl sites for hydroxylation is 1. The van der Waals surface area contributed by atoms with E-state index in [2.05, 4.69) is 50.8 Å². The molecular weight excluding hydrogens is 440 g/mol. The van der Waals surface area contributed by atoms with Crippen LogP contribution in [0.4, 0.5) is 10.5 Å². The zero-order valence-electron chi connectivity index (χ0n) is 20.9. The summed E-state index contributed by atoms with van der Waals surface area (Å²) >= 11 is 5.68. The van der Waals surface area contributed by atoms with Crippen LogP contribution < -0.4 is 10.6 Å². The lowest BCUT2D eigenvalue weighted by Crippen LogP contribution is -2.49. The summed E-state index contributed by atoms with van der Waals surface area (Å²) in [6.07, 6.45) is 4.95. The topological polar surface area (TPSA) is 74.0 Å². The maximum absolute atomic E-state index is 11.5. The molecule has 0 aliphatic carbocycles. The van der Waals surface area contributed by atoms with Crippen molar-refractivity contribution < 1.29 is 19.0 Å². The molecule has 2 N–H and O–H groups in total. The number of rotatable bonds is 15. The molecule has 0 saturated carbocycles. The third kappa shape index (κ3) is 9.34. The molecule has 0 spiro atoms. The molecule has 1 aromatic carbocycles. The minimum atomic E-state index is -0.764. The molecule has 7 heteroatoms. The van der Waals surface area contributed by atoms with Gasteiger partial charge in [0.15, 0.2) is 0 Å². The van der Waals surface area contributed by atoms with Crippen LogP contribution in [0, 0.1) is 6.92 Å². The second kappa shape index (κ2) is 14.0. The van der Waals surface area contributed by atoms with E-state index in [1.807, 2.05) is 0 Å². The number of primary amides is 1. The minimum Gasteiger partial charge on any atom is -0.444 e. The van der Waals surface area contributed by atoms with E-state index >= 15 is 0 Å². The van der Waals surface area contributed by atoms with Gasteiger partial charge in [-0.05, 0) is 63.1 Å². The summed E-state index contributed by atoms with van der Waals surface area (Å²) in [6.45, 7) is 11.8. The van der Waals surface area contributed by atoms with Crippen molar-refractivity contribution in [1.29, 1.82) is 0 Å². The first kappa shape index (κ1) is 27.7. The molecule has 2 rings (SSSR count). The number of carbonyl (C=O) groups is 1. The van der Waals surface area contributed by atoms with Gasteiger partial charge in [0.1, 0.15) is 6.10 Å². The number of carbonyl (C=O) groups excluding carboxylic acids is 1. The average molecular weight is 483 g/mol. The van der Waals surface area contributed by atoms with Gasteiger partial charge in [0.2, 0.25) is 0 Å². The monoisotopic (exact) mass is 482 g/mol. The molecular formula is C26H43ClN2O4. The van der Waals surface area contributed by atoms with E-state index in [4.69, 9.17) is 31.5 Å². The van der Waals surface area contributed by atoms with Crippen LogP contribution in [0.5, 0.6) is 0 Å². The molecule has 1 heterocycles. The summed E-state index contributed by atoms with van der Waals surface area (Å²) in [4.78, 5) is 13.9. The second-order valence-electron chi connectivity index (χ2n) is 9.77. The third-order valence-electron chi connectivity index (χ3n) is 6.35. The number of ether oxygens (including phenoxy) is 3. The van der Waals surface area contributed by atoms with Crippen molar-refractivity contribution in [3.8, 4) is 0 Å². The SMILES string of the molecule is Cc1ccc2c(c1)N(CCC(COCCOCCCCCCCl)OC(N)=O)C(C)(C)CC2C. The van der Waals surface area contributed by atoms with Crippen LogP contribution in [0.15, 0.2) is 18.2 Å². The Morgan fingerprint density at radius 1 is 1.18 bits per heavy atom. The van der Waals surface area contributed by atoms with Gasteiger partial charge in [-0.15, -0.1) is 11.6 Å². The van der Waals surface area contributed by atoms with Gasteiger partial charge in [-0.2, -0.15) is 0 Å². The summed E-state index contributed by atoms with van der Waals surface area (Å²) in [5.74, 6) is 1.23. The fraction of sp³-hybridized carbons (Fsp3) is 0.731. The maximum atomic E-state index is 11.5. The minimum absolute atomic E-state index is 0.00987. The van der Waals surface area contributed by atoms with E-state index in [1.165, 1.54) is 16.8 Å². The molecule has 2 atom stereocenters. The van der Waals surface area contributed by atoms with E-state index in [1.54, 1.807) is 0 Å². The summed E-state index contributed by atoms with van der Waals surface area (Å²) in [5.41, 5.74) is 9.24. The Balaban J connectivity index is 1.83. The van der Waals surface area contributed by atoms with E-state index in [-0.39, 0.29) is 11.6 Å². The van der Waals surface area contributed by atoms with Gasteiger partial charge >= 0.3 is 6.09 Å². The van der Waals surface area contributed by atoms with Gasteiger partial charge in [0.05, 0.1) is 19.8 Å². The Morgan fingerprint density at radius 2 is 1.91 bits per heavy atom. The quantitative estimate of drug-likeness (QED) is 0.253. The highest BCUT2D eigenvalue weighted by Crippen LogP contribution is 2.43. The highest BCUT2D eigenvalue weighted by atomic mass is 35.5. The summed E-state index contributed by atoms with van der Waals surface area (Å²) in [6, 6.07) is 6.69. The van der Waals surface area contributed by atoms with Gasteiger partial charge in [0.25, 0.3) is 0 Å². The van der Waals surface area contributed by atoms with Crippen molar-refractivity contribution in [1.82, 2.24) is 0 Å². The first-order valence-electron chi connectivity index (χ1n) is 12.3. The predicted molar refractivity (Wildman–Crippen MR) is 136 cm³/mol. The maximum Gasteiger partial charge on any atom is 0.404 e. The number of hydrogen-bond donors (Lipinski definition) is 1. The van der Waals surface area contributed by atoms with Crippen molar-refractivity contribution in [2.24, 2.45) is 5.73 Å². The summed E-state index contributed by atoms with van der Waals surface area (Å²) in [5, 5.41) is 0. The van der Waals surface area contributed by atoms with E-state index < -0.39 is 6.09 Å². The third-order valence-corrected chi connectivity index (χ3v) is 6.62. The predicted octanol–water partition coefficient (Wildman–Crippen LogP) is 5.77. The number of alkyl halides is 1. The molecule has 188 valence electrons. The normalized spacial score (nSPS) is 18.1. The first-order chi connectivity index (χ1) is 15.7. The molecule has 0 bridgehead atoms. The van der Waals surface area contributed by atoms with Crippen LogP contribution in [-0.2, 0) is 14.2 Å². The number of unbranched alkanes of at least 4 members (excludes halogenated alkanes) is 3. The van der Waals surface area contributed by atoms with Crippen LogP contribution in [-0.4, -0.2) is 56.6 Å². The van der Waals surface area contributed by atoms with Gasteiger partial charge < -0.3 is 24.8 Å². The number of hydrogen-bond acceptors (Lipinski definition) is 5. The van der Waals surface area contributed by atoms with Gasteiger partial charge in [0, 0.05) is 36.7 Å². The second-order valence-corrected chi connectivity index (χ2v) is 10.1. The van der Waals surface area contributed by atoms with Crippen LogP contribution in [0.3, 0.4) is 0 Å². The molecule has 6 nitrogen and oxygen atoms in total. The number of benzene rings is 1. The molecule has 33 heavy (non-hydrogen) atoms. The summed E-state index contributed by atoms with van der Waals surface area (Å²) in [7, 11) is 0. The number of fused-ring (bicyclic) bond motifs is 1. The number of nitrogens with two attached hydrogens (primary N) is 1. The standard InChI is InChI=1S/C26H43ClN2O4/c1-20-9-10-23-21(2)18-26(3,4)29(24(23)17-20)13-11-22(33-25(28)30)19-32-16-15-31-14-8-6-5-7-12-27/h9-10,17,21-22H,5-8,11-16,18-19H2,1-4H3,(H2,28,30). The van der Waals surface area contributed by atoms with Crippen molar-refractivity contribution in [2.45, 2.75) is 83.8 Å². The molecule has 2 unspecified atom stereocenters. The lowest BCUT2D eigenvalue weighted by molar-refractivity contribution is -0.00486. The first-order valence-corrected chi connectivity index (χ1v) is 12.8. The van der Waals surface area contributed by atoms with Gasteiger partial charge in [-0.1, -0.05) is 31.9 Å². The largest absolute Gasteiger partial charge is 0.444 e. The molecule has 1 aliphatic heterocycles. The smallest absolute Gasteiger partial charge is 0.404 e. The fourth-order valence-electron chi connectivity index (χ4n) is 4.72. The Hall–Kier alpha value is -1.50. The Labute approximate surface area is 205 Å². The van der Waals surface area contributed by atoms with Crippen LogP contribution in [0.25, 0.3) is 0 Å². The lowest BCUT2D eigenvalue weighted by atomic mass is 9.79. The summed E-state index contributed by atoms with van der Waals surface area (Å²) < 4.78 is 16.7. The van der Waals surface area contributed by atoms with Crippen LogP contribution >= 0.6 is 11.6 Å².